The van der Waals surface area contributed by atoms with Crippen LogP contribution >= 0.6 is 0 Å². The predicted molar refractivity (Wildman–Crippen MR) is 72.4 cm³/mol. The largest absolute Gasteiger partial charge is 0.299 e. The lowest BCUT2D eigenvalue weighted by Crippen LogP contribution is -2.22. The van der Waals surface area contributed by atoms with E-state index in [4.69, 9.17) is 0 Å². The van der Waals surface area contributed by atoms with Crippen molar-refractivity contribution < 1.29 is 4.79 Å². The third-order valence-electron chi connectivity index (χ3n) is 4.27. The summed E-state index contributed by atoms with van der Waals surface area (Å²) in [6.07, 6.45) is 10.3. The number of carbonyl (C=O) groups excluding carboxylic acids is 1. The minimum absolute atomic E-state index is 0.303. The van der Waals surface area contributed by atoms with Gasteiger partial charge in [0.25, 0.3) is 0 Å². The Morgan fingerprint density at radius 3 is 2.61 bits per heavy atom. The van der Waals surface area contributed by atoms with Crippen molar-refractivity contribution in [2.24, 2.45) is 11.8 Å². The molecular weight excluding hydrogens is 224 g/mol. The van der Waals surface area contributed by atoms with E-state index in [1.165, 1.54) is 19.3 Å². The summed E-state index contributed by atoms with van der Waals surface area (Å²) in [5.41, 5.74) is 1.07. The molecule has 0 aromatic carbocycles. The first-order chi connectivity index (χ1) is 8.72. The van der Waals surface area contributed by atoms with Crippen LogP contribution in [-0.2, 0) is 17.8 Å². The molecule has 0 saturated heterocycles. The second kappa shape index (κ2) is 6.17. The van der Waals surface area contributed by atoms with Gasteiger partial charge in [-0.2, -0.15) is 5.10 Å². The molecular formula is C15H24N2O. The smallest absolute Gasteiger partial charge is 0.140 e. The number of nitrogens with zero attached hydrogens (tertiary/aromatic N) is 2. The quantitative estimate of drug-likeness (QED) is 0.802. The molecule has 1 aromatic heterocycles. The van der Waals surface area contributed by atoms with Gasteiger partial charge in [-0.25, -0.2) is 0 Å². The maximum Gasteiger partial charge on any atom is 0.140 e. The monoisotopic (exact) mass is 248 g/mol. The van der Waals surface area contributed by atoms with E-state index in [9.17, 15) is 4.79 Å². The van der Waals surface area contributed by atoms with Crippen LogP contribution in [0.1, 0.15) is 51.5 Å². The molecule has 1 saturated carbocycles. The van der Waals surface area contributed by atoms with Crippen LogP contribution in [0.25, 0.3) is 0 Å². The number of hydrogen-bond donors (Lipinski definition) is 0. The second-order valence-corrected chi connectivity index (χ2v) is 5.47. The Kier molecular flexibility index (Phi) is 4.56. The molecule has 2 rings (SSSR count). The van der Waals surface area contributed by atoms with Crippen molar-refractivity contribution in [2.45, 2.75) is 58.9 Å². The maximum absolute atomic E-state index is 12.2. The molecule has 1 fully saturated rings. The lowest BCUT2D eigenvalue weighted by Gasteiger charge is -2.26. The molecule has 18 heavy (non-hydrogen) atoms. The van der Waals surface area contributed by atoms with Gasteiger partial charge in [0.2, 0.25) is 0 Å². The molecule has 3 heteroatoms. The van der Waals surface area contributed by atoms with Gasteiger partial charge in [-0.1, -0.05) is 13.3 Å². The van der Waals surface area contributed by atoms with Gasteiger partial charge in [0.1, 0.15) is 5.78 Å². The molecule has 1 aliphatic carbocycles. The van der Waals surface area contributed by atoms with Crippen LogP contribution < -0.4 is 0 Å². The third-order valence-corrected chi connectivity index (χ3v) is 4.27. The van der Waals surface area contributed by atoms with E-state index in [-0.39, 0.29) is 0 Å². The highest BCUT2D eigenvalue weighted by Crippen LogP contribution is 2.31. The third kappa shape index (κ3) is 3.21. The van der Waals surface area contributed by atoms with E-state index in [1.807, 2.05) is 17.1 Å². The molecule has 1 aliphatic rings. The van der Waals surface area contributed by atoms with Gasteiger partial charge in [0.15, 0.2) is 0 Å². The number of hydrogen-bond acceptors (Lipinski definition) is 2. The second-order valence-electron chi connectivity index (χ2n) is 5.47. The van der Waals surface area contributed by atoms with Crippen molar-refractivity contribution in [1.29, 1.82) is 0 Å². The molecule has 0 radical (unpaired) electrons. The van der Waals surface area contributed by atoms with E-state index in [0.717, 1.165) is 30.9 Å². The van der Waals surface area contributed by atoms with Crippen LogP contribution in [0.5, 0.6) is 0 Å². The number of rotatable bonds is 5. The van der Waals surface area contributed by atoms with Crippen molar-refractivity contribution in [1.82, 2.24) is 9.78 Å². The summed E-state index contributed by atoms with van der Waals surface area (Å²) in [5.74, 6) is 1.58. The minimum atomic E-state index is 0.303. The Hall–Kier alpha value is -1.12. The summed E-state index contributed by atoms with van der Waals surface area (Å²) in [7, 11) is 0. The van der Waals surface area contributed by atoms with Gasteiger partial charge in [0, 0.05) is 25.1 Å². The fraction of sp³-hybridized carbons (Fsp3) is 0.733. The van der Waals surface area contributed by atoms with E-state index in [2.05, 4.69) is 18.9 Å². The summed E-state index contributed by atoms with van der Waals surface area (Å²) in [6.45, 7) is 5.19. The molecule has 100 valence electrons. The molecule has 3 nitrogen and oxygen atoms in total. The van der Waals surface area contributed by atoms with Crippen molar-refractivity contribution in [3.63, 3.8) is 0 Å². The van der Waals surface area contributed by atoms with Crippen LogP contribution in [0.2, 0.25) is 0 Å². The van der Waals surface area contributed by atoms with E-state index in [0.29, 0.717) is 18.1 Å². The number of aryl methyl sites for hydroxylation is 1. The molecule has 0 atom stereocenters. The van der Waals surface area contributed by atoms with E-state index in [1.54, 1.807) is 0 Å². The van der Waals surface area contributed by atoms with Crippen molar-refractivity contribution in [2.75, 3.05) is 0 Å². The highest BCUT2D eigenvalue weighted by molar-refractivity contribution is 5.83. The summed E-state index contributed by atoms with van der Waals surface area (Å²) < 4.78 is 1.89. The zero-order valence-electron chi connectivity index (χ0n) is 11.6. The summed E-state index contributed by atoms with van der Waals surface area (Å²) >= 11 is 0. The van der Waals surface area contributed by atoms with Crippen LogP contribution in [0.15, 0.2) is 12.4 Å². The minimum Gasteiger partial charge on any atom is -0.299 e. The Bertz CT molecular complexity index is 389. The highest BCUT2D eigenvalue weighted by atomic mass is 16.1. The first kappa shape index (κ1) is 13.3. The van der Waals surface area contributed by atoms with Crippen molar-refractivity contribution in [3.8, 4) is 0 Å². The molecule has 0 N–H and O–H groups in total. The Balaban J connectivity index is 1.85. The van der Waals surface area contributed by atoms with Crippen LogP contribution in [0, 0.1) is 11.8 Å². The fourth-order valence-corrected chi connectivity index (χ4v) is 2.91. The van der Waals surface area contributed by atoms with Gasteiger partial charge in [-0.3, -0.25) is 9.48 Å². The summed E-state index contributed by atoms with van der Waals surface area (Å²) in [6, 6.07) is 0. The number of aromatic nitrogens is 2. The lowest BCUT2D eigenvalue weighted by atomic mass is 9.78. The van der Waals surface area contributed by atoms with Crippen molar-refractivity contribution >= 4 is 5.78 Å². The zero-order valence-corrected chi connectivity index (χ0v) is 11.6. The van der Waals surface area contributed by atoms with Gasteiger partial charge in [-0.05, 0) is 44.1 Å². The van der Waals surface area contributed by atoms with Gasteiger partial charge in [0.05, 0.1) is 6.20 Å². The molecule has 1 heterocycles. The zero-order chi connectivity index (χ0) is 13.0. The molecule has 0 spiro atoms. The average molecular weight is 248 g/mol. The highest BCUT2D eigenvalue weighted by Gasteiger charge is 2.25. The topological polar surface area (TPSA) is 34.9 Å². The van der Waals surface area contributed by atoms with Crippen molar-refractivity contribution in [3.05, 3.63) is 18.0 Å². The van der Waals surface area contributed by atoms with Gasteiger partial charge < -0.3 is 0 Å². The fourth-order valence-electron chi connectivity index (χ4n) is 2.91. The normalized spacial score (nSPS) is 24.1. The average Bonchev–Trinajstić information content (AvgIpc) is 2.86. The number of Topliss-reactive ketones (excluding diaryl/α,β-unsaturated/α-hetero) is 1. The lowest BCUT2D eigenvalue weighted by molar-refractivity contribution is -0.123. The summed E-state index contributed by atoms with van der Waals surface area (Å²) in [5, 5.41) is 4.22. The van der Waals surface area contributed by atoms with E-state index < -0.39 is 0 Å². The van der Waals surface area contributed by atoms with E-state index >= 15 is 0 Å². The van der Waals surface area contributed by atoms with Crippen LogP contribution in [-0.4, -0.2) is 15.6 Å². The molecule has 1 aromatic rings. The maximum atomic E-state index is 12.2. The molecule has 0 aliphatic heterocycles. The standard InChI is InChI=1S/C15H24N2O/c1-3-12-5-7-14(8-6-12)15(18)9-13-10-16-17(4-2)11-13/h10-12,14H,3-9H2,1-2H3. The first-order valence-corrected chi connectivity index (χ1v) is 7.27. The first-order valence-electron chi connectivity index (χ1n) is 7.27. The summed E-state index contributed by atoms with van der Waals surface area (Å²) in [4.78, 5) is 12.2. The van der Waals surface area contributed by atoms with Gasteiger partial charge >= 0.3 is 0 Å². The van der Waals surface area contributed by atoms with Crippen LogP contribution in [0.4, 0.5) is 0 Å². The number of carbonyl (C=O) groups is 1. The molecule has 0 unspecified atom stereocenters. The Labute approximate surface area is 110 Å². The number of ketones is 1. The molecule has 0 bridgehead atoms. The predicted octanol–water partition coefficient (Wildman–Crippen LogP) is 3.23. The van der Waals surface area contributed by atoms with Crippen LogP contribution in [0.3, 0.4) is 0 Å². The Morgan fingerprint density at radius 2 is 2.06 bits per heavy atom. The molecule has 0 amide bonds. The SMILES string of the molecule is CCC1CCC(C(=O)Cc2cnn(CC)c2)CC1. The van der Waals surface area contributed by atoms with Gasteiger partial charge in [-0.15, -0.1) is 0 Å². The Morgan fingerprint density at radius 1 is 1.33 bits per heavy atom.